The van der Waals surface area contributed by atoms with E-state index in [-0.39, 0.29) is 12.0 Å². The molecule has 1 saturated carbocycles. The molecule has 1 N–H and O–H groups in total. The van der Waals surface area contributed by atoms with Gasteiger partial charge in [-0.05, 0) is 33.1 Å². The zero-order valence-electron chi connectivity index (χ0n) is 16.9. The van der Waals surface area contributed by atoms with Crippen LogP contribution in [0.4, 0.5) is 4.79 Å². The minimum Gasteiger partial charge on any atom is -0.444 e. The Morgan fingerprint density at radius 2 is 1.69 bits per heavy atom. The zero-order chi connectivity index (χ0) is 19.0. The molecular weight excluding hydrogens is 330 g/mol. The first-order valence-electron chi connectivity index (χ1n) is 10.3. The quantitative estimate of drug-likeness (QED) is 0.784. The van der Waals surface area contributed by atoms with Crippen molar-refractivity contribution in [2.75, 3.05) is 39.3 Å². The average molecular weight is 368 g/mol. The van der Waals surface area contributed by atoms with Gasteiger partial charge in [-0.3, -0.25) is 9.69 Å². The summed E-state index contributed by atoms with van der Waals surface area (Å²) in [6, 6.07) is 0. The summed E-state index contributed by atoms with van der Waals surface area (Å²) in [5, 5.41) is 3.05. The predicted octanol–water partition coefficient (Wildman–Crippen LogP) is 3.02. The van der Waals surface area contributed by atoms with E-state index in [1.165, 1.54) is 32.1 Å². The molecule has 0 bridgehead atoms. The molecule has 2 aliphatic rings. The van der Waals surface area contributed by atoms with Crippen LogP contribution in [0.1, 0.15) is 65.7 Å². The van der Waals surface area contributed by atoms with Crippen LogP contribution >= 0.6 is 0 Å². The lowest BCUT2D eigenvalue weighted by Crippen LogP contribution is -2.51. The van der Waals surface area contributed by atoms with E-state index in [1.54, 1.807) is 4.90 Å². The van der Waals surface area contributed by atoms with Crippen LogP contribution < -0.4 is 5.32 Å². The molecule has 0 unspecified atom stereocenters. The molecule has 0 aromatic carbocycles. The standard InChI is InChI=1S/C20H37N3O3/c1-20(2,3)26-19(25)23-15-13-22(14-16-23)12-11-21-18(24)10-9-17-7-5-4-6-8-17/h17H,4-16H2,1-3H3,(H,21,24). The number of amides is 2. The third-order valence-corrected chi connectivity index (χ3v) is 5.28. The van der Waals surface area contributed by atoms with E-state index in [0.29, 0.717) is 26.1 Å². The first kappa shape index (κ1) is 21.0. The highest BCUT2D eigenvalue weighted by atomic mass is 16.6. The summed E-state index contributed by atoms with van der Waals surface area (Å²) in [4.78, 5) is 28.1. The maximum atomic E-state index is 12.1. The topological polar surface area (TPSA) is 61.9 Å². The average Bonchev–Trinajstić information content (AvgIpc) is 2.60. The highest BCUT2D eigenvalue weighted by Gasteiger charge is 2.25. The van der Waals surface area contributed by atoms with Crippen LogP contribution in [0.5, 0.6) is 0 Å². The van der Waals surface area contributed by atoms with E-state index < -0.39 is 5.60 Å². The lowest BCUT2D eigenvalue weighted by Gasteiger charge is -2.35. The van der Waals surface area contributed by atoms with E-state index in [0.717, 1.165) is 32.0 Å². The van der Waals surface area contributed by atoms with Crippen molar-refractivity contribution in [3.8, 4) is 0 Å². The molecule has 0 atom stereocenters. The van der Waals surface area contributed by atoms with Gasteiger partial charge in [-0.2, -0.15) is 0 Å². The fourth-order valence-electron chi connectivity index (χ4n) is 3.73. The monoisotopic (exact) mass is 367 g/mol. The fourth-order valence-corrected chi connectivity index (χ4v) is 3.73. The second-order valence-corrected chi connectivity index (χ2v) is 8.70. The van der Waals surface area contributed by atoms with E-state index in [2.05, 4.69) is 10.2 Å². The lowest BCUT2D eigenvalue weighted by molar-refractivity contribution is -0.121. The minimum atomic E-state index is -0.448. The molecule has 1 saturated heterocycles. The second kappa shape index (κ2) is 10.1. The number of nitrogens with zero attached hydrogens (tertiary/aromatic N) is 2. The Morgan fingerprint density at radius 3 is 2.31 bits per heavy atom. The fraction of sp³-hybridized carbons (Fsp3) is 0.900. The molecule has 26 heavy (non-hydrogen) atoms. The molecule has 0 spiro atoms. The van der Waals surface area contributed by atoms with Gasteiger partial charge in [-0.15, -0.1) is 0 Å². The SMILES string of the molecule is CC(C)(C)OC(=O)N1CCN(CCNC(=O)CCC2CCCCC2)CC1. The Bertz CT molecular complexity index is 448. The number of piperazine rings is 1. The first-order valence-corrected chi connectivity index (χ1v) is 10.3. The smallest absolute Gasteiger partial charge is 0.410 e. The second-order valence-electron chi connectivity index (χ2n) is 8.70. The van der Waals surface area contributed by atoms with Gasteiger partial charge in [-0.25, -0.2) is 4.79 Å². The maximum Gasteiger partial charge on any atom is 0.410 e. The number of carbonyl (C=O) groups is 2. The molecule has 0 aromatic rings. The molecule has 2 fully saturated rings. The molecular formula is C20H37N3O3. The molecule has 2 rings (SSSR count). The van der Waals surface area contributed by atoms with Crippen LogP contribution in [-0.2, 0) is 9.53 Å². The highest BCUT2D eigenvalue weighted by molar-refractivity contribution is 5.75. The third kappa shape index (κ3) is 7.94. The number of hydrogen-bond acceptors (Lipinski definition) is 4. The first-order chi connectivity index (χ1) is 12.3. The van der Waals surface area contributed by atoms with Gasteiger partial charge in [0.2, 0.25) is 5.91 Å². The van der Waals surface area contributed by atoms with E-state index in [9.17, 15) is 9.59 Å². The minimum absolute atomic E-state index is 0.183. The molecule has 2 amide bonds. The van der Waals surface area contributed by atoms with Gasteiger partial charge < -0.3 is 15.0 Å². The van der Waals surface area contributed by atoms with Crippen molar-refractivity contribution in [3.63, 3.8) is 0 Å². The lowest BCUT2D eigenvalue weighted by atomic mass is 9.86. The van der Waals surface area contributed by atoms with Crippen LogP contribution in [0.25, 0.3) is 0 Å². The molecule has 1 aliphatic carbocycles. The summed E-state index contributed by atoms with van der Waals surface area (Å²) in [5.41, 5.74) is -0.448. The van der Waals surface area contributed by atoms with Crippen LogP contribution in [0.3, 0.4) is 0 Å². The molecule has 0 radical (unpaired) electrons. The third-order valence-electron chi connectivity index (χ3n) is 5.28. The van der Waals surface area contributed by atoms with Crippen molar-refractivity contribution in [2.45, 2.75) is 71.3 Å². The largest absolute Gasteiger partial charge is 0.444 e. The van der Waals surface area contributed by atoms with Crippen molar-refractivity contribution >= 4 is 12.0 Å². The van der Waals surface area contributed by atoms with Gasteiger partial charge in [0.05, 0.1) is 0 Å². The predicted molar refractivity (Wildman–Crippen MR) is 103 cm³/mol. The number of carbonyl (C=O) groups excluding carboxylic acids is 2. The van der Waals surface area contributed by atoms with Crippen molar-refractivity contribution in [3.05, 3.63) is 0 Å². The van der Waals surface area contributed by atoms with Crippen molar-refractivity contribution in [2.24, 2.45) is 5.92 Å². The molecule has 0 aromatic heterocycles. The number of hydrogen-bond donors (Lipinski definition) is 1. The van der Waals surface area contributed by atoms with E-state index in [1.807, 2.05) is 20.8 Å². The van der Waals surface area contributed by atoms with Crippen LogP contribution in [0.2, 0.25) is 0 Å². The number of rotatable bonds is 6. The zero-order valence-corrected chi connectivity index (χ0v) is 16.9. The summed E-state index contributed by atoms with van der Waals surface area (Å²) in [5.74, 6) is 0.943. The Labute approximate surface area is 158 Å². The van der Waals surface area contributed by atoms with Crippen LogP contribution in [0, 0.1) is 5.92 Å². The Hall–Kier alpha value is -1.30. The number of nitrogens with one attached hydrogen (secondary N) is 1. The van der Waals surface area contributed by atoms with Gasteiger partial charge in [0.25, 0.3) is 0 Å². The molecule has 1 heterocycles. The summed E-state index contributed by atoms with van der Waals surface area (Å²) in [6.45, 7) is 10.2. The van der Waals surface area contributed by atoms with E-state index in [4.69, 9.17) is 4.74 Å². The molecule has 1 aliphatic heterocycles. The number of ether oxygens (including phenoxy) is 1. The van der Waals surface area contributed by atoms with Crippen molar-refractivity contribution in [1.29, 1.82) is 0 Å². The summed E-state index contributed by atoms with van der Waals surface area (Å²) in [7, 11) is 0. The van der Waals surface area contributed by atoms with Crippen molar-refractivity contribution < 1.29 is 14.3 Å². The van der Waals surface area contributed by atoms with Gasteiger partial charge in [0.1, 0.15) is 5.60 Å². The van der Waals surface area contributed by atoms with Crippen molar-refractivity contribution in [1.82, 2.24) is 15.1 Å². The highest BCUT2D eigenvalue weighted by Crippen LogP contribution is 2.27. The Balaban J connectivity index is 1.54. The molecule has 150 valence electrons. The van der Waals surface area contributed by atoms with Gasteiger partial charge in [0, 0.05) is 45.7 Å². The summed E-state index contributed by atoms with van der Waals surface area (Å²) >= 11 is 0. The maximum absolute atomic E-state index is 12.1. The van der Waals surface area contributed by atoms with Crippen LogP contribution in [-0.4, -0.2) is 66.7 Å². The normalized spacial score (nSPS) is 20.0. The molecule has 6 heteroatoms. The Morgan fingerprint density at radius 1 is 1.04 bits per heavy atom. The van der Waals surface area contributed by atoms with Gasteiger partial charge in [-0.1, -0.05) is 32.1 Å². The van der Waals surface area contributed by atoms with Gasteiger partial charge in [0.15, 0.2) is 0 Å². The van der Waals surface area contributed by atoms with Gasteiger partial charge >= 0.3 is 6.09 Å². The summed E-state index contributed by atoms with van der Waals surface area (Å²) in [6.07, 6.45) is 8.11. The van der Waals surface area contributed by atoms with Crippen LogP contribution in [0.15, 0.2) is 0 Å². The Kier molecular flexibility index (Phi) is 8.19. The van der Waals surface area contributed by atoms with E-state index >= 15 is 0 Å². The molecule has 6 nitrogen and oxygen atoms in total. The summed E-state index contributed by atoms with van der Waals surface area (Å²) < 4.78 is 5.41.